The summed E-state index contributed by atoms with van der Waals surface area (Å²) in [6, 6.07) is 23.5. The molecule has 0 spiro atoms. The van der Waals surface area contributed by atoms with Crippen LogP contribution in [0.1, 0.15) is 33.4 Å². The Hall–Kier alpha value is -3.90. The van der Waals surface area contributed by atoms with Crippen LogP contribution in [0, 0.1) is 0 Å². The van der Waals surface area contributed by atoms with Crippen molar-refractivity contribution in [3.63, 3.8) is 0 Å². The van der Waals surface area contributed by atoms with Crippen LogP contribution >= 0.6 is 15.8 Å². The third-order valence-electron chi connectivity index (χ3n) is 8.28. The summed E-state index contributed by atoms with van der Waals surface area (Å²) in [5.74, 6) is 0. The first-order chi connectivity index (χ1) is 29.8. The van der Waals surface area contributed by atoms with Gasteiger partial charge < -0.3 is 20.1 Å². The molecule has 0 saturated heterocycles. The molecule has 5 aromatic carbocycles. The van der Waals surface area contributed by atoms with Gasteiger partial charge >= 0.3 is 56.1 Å². The molecule has 0 unspecified atom stereocenters. The van der Waals surface area contributed by atoms with Crippen molar-refractivity contribution >= 4 is 57.3 Å². The molecule has 0 heterocycles. The van der Waals surface area contributed by atoms with E-state index in [1.807, 2.05) is 0 Å². The second kappa shape index (κ2) is 24.5. The van der Waals surface area contributed by atoms with Gasteiger partial charge in [0.15, 0.2) is 20.2 Å². The molecule has 5 aromatic rings. The van der Waals surface area contributed by atoms with E-state index in [-0.39, 0.29) is 64.9 Å². The van der Waals surface area contributed by atoms with Crippen molar-refractivity contribution in [2.24, 2.45) is 0 Å². The molecule has 0 amide bonds. The summed E-state index contributed by atoms with van der Waals surface area (Å²) in [7, 11) is -16.1. The van der Waals surface area contributed by atoms with E-state index in [1.54, 1.807) is 24.3 Å². The molecule has 386 valence electrons. The summed E-state index contributed by atoms with van der Waals surface area (Å²) < 4.78 is 283. The maximum absolute atomic E-state index is 13.7. The molecule has 0 radical (unpaired) electrons. The summed E-state index contributed by atoms with van der Waals surface area (Å²) in [5.41, 5.74) is -14.3. The van der Waals surface area contributed by atoms with Crippen molar-refractivity contribution in [1.82, 2.24) is 0 Å². The van der Waals surface area contributed by atoms with Gasteiger partial charge in [-0.3, -0.25) is 0 Å². The first kappa shape index (κ1) is 65.1. The van der Waals surface area contributed by atoms with Crippen molar-refractivity contribution in [3.8, 4) is 0 Å². The van der Waals surface area contributed by atoms with Crippen LogP contribution in [0.15, 0.2) is 121 Å². The maximum Gasteiger partial charge on any atom is 2.00 e. The Balaban J connectivity index is 0.00000209. The van der Waals surface area contributed by atoms with E-state index in [9.17, 15) is 79.0 Å². The van der Waals surface area contributed by atoms with E-state index in [0.717, 1.165) is 72.8 Å². The predicted molar refractivity (Wildman–Crippen MR) is 211 cm³/mol. The van der Waals surface area contributed by atoms with Crippen molar-refractivity contribution in [3.05, 3.63) is 155 Å². The van der Waals surface area contributed by atoms with Crippen LogP contribution in [0.5, 0.6) is 0 Å². The molecule has 0 aromatic heterocycles. The van der Waals surface area contributed by atoms with Crippen molar-refractivity contribution in [1.29, 1.82) is 0 Å². The van der Waals surface area contributed by atoms with Gasteiger partial charge in [0.1, 0.15) is 0 Å². The third kappa shape index (κ3) is 19.3. The summed E-state index contributed by atoms with van der Waals surface area (Å²) in [6.07, 6.45) is -19.1. The van der Waals surface area contributed by atoms with E-state index < -0.39 is 94.1 Å². The van der Waals surface area contributed by atoms with Gasteiger partial charge in [-0.05, 0) is 96.7 Å². The molecule has 0 atom stereocenters. The number of rotatable bonds is 8. The van der Waals surface area contributed by atoms with Crippen LogP contribution in [0.2, 0.25) is 0 Å². The van der Waals surface area contributed by atoms with Gasteiger partial charge in [0.05, 0.1) is 22.3 Å². The normalized spacial score (nSPS) is 12.6. The zero-order valence-electron chi connectivity index (χ0n) is 33.2. The van der Waals surface area contributed by atoms with Gasteiger partial charge in [0.25, 0.3) is 0 Å². The standard InChI is InChI=1S/C36H24F12P2.2CHF3O3S.2H2O.Pd/c37-33(38,39)25-9-3-13-29(17-25)49(30-14-4-10-26(18-30)34(40,41)42)21-23-7-1-2-8-24(23)22-50(31-15-5-11-27(19-31)35(43,44)45)32-16-6-12-28(20-32)36(46,47)48;2*2-1(3,4)8(5,6)7;;;/h1-20H,21-22H2;2*(H,5,6,7);2*1H2;/q;;;;;+2/p-2. The Bertz CT molecular complexity index is 2380. The number of hydrogen-bond donors (Lipinski definition) is 0. The fraction of sp³-hybridized carbons (Fsp3) is 0.211. The second-order valence-corrected chi connectivity index (χ2v) is 20.1. The molecule has 0 fully saturated rings. The van der Waals surface area contributed by atoms with E-state index >= 15 is 0 Å². The molecule has 69 heavy (non-hydrogen) atoms. The minimum atomic E-state index is -6.09. The molecular formula is C38H28F18O8P2PdS2. The smallest absolute Gasteiger partial charge is 0.741 e. The van der Waals surface area contributed by atoms with Gasteiger partial charge in [-0.2, -0.15) is 79.0 Å². The van der Waals surface area contributed by atoms with Gasteiger partial charge in [-0.15, -0.1) is 0 Å². The molecular weight excluding hydrogens is 1160 g/mol. The number of benzene rings is 5. The van der Waals surface area contributed by atoms with E-state index in [1.165, 1.54) is 24.3 Å². The first-order valence-electron chi connectivity index (χ1n) is 17.2. The second-order valence-electron chi connectivity index (χ2n) is 12.9. The Kier molecular flexibility index (Phi) is 23.1. The minimum Gasteiger partial charge on any atom is -0.741 e. The van der Waals surface area contributed by atoms with Crippen LogP contribution in [-0.2, 0) is 77.7 Å². The number of alkyl halides is 18. The number of halogens is 18. The summed E-state index contributed by atoms with van der Waals surface area (Å²) in [4.78, 5) is 0. The molecule has 0 aliphatic heterocycles. The predicted octanol–water partition coefficient (Wildman–Crippen LogP) is 9.48. The zero-order chi connectivity index (χ0) is 50.5. The fourth-order valence-corrected chi connectivity index (χ4v) is 10.1. The van der Waals surface area contributed by atoms with Crippen molar-refractivity contribution < 1.29 is 136 Å². The molecule has 31 heteroatoms. The molecule has 8 nitrogen and oxygen atoms in total. The van der Waals surface area contributed by atoms with Gasteiger partial charge in [0, 0.05) is 12.3 Å². The van der Waals surface area contributed by atoms with E-state index in [0.29, 0.717) is 11.1 Å². The Morgan fingerprint density at radius 2 is 0.551 bits per heavy atom. The van der Waals surface area contributed by atoms with E-state index in [2.05, 4.69) is 0 Å². The van der Waals surface area contributed by atoms with Gasteiger partial charge in [-0.1, -0.05) is 72.8 Å². The molecule has 4 N–H and O–H groups in total. The summed E-state index contributed by atoms with van der Waals surface area (Å²) >= 11 is 0. The van der Waals surface area contributed by atoms with Crippen molar-refractivity contribution in [2.45, 2.75) is 48.0 Å². The molecule has 0 aliphatic carbocycles. The Labute approximate surface area is 395 Å². The molecule has 0 bridgehead atoms. The quantitative estimate of drug-likeness (QED) is 0.0491. The minimum absolute atomic E-state index is 0. The maximum atomic E-state index is 13.7. The summed E-state index contributed by atoms with van der Waals surface area (Å²) in [6.45, 7) is 0. The first-order valence-corrected chi connectivity index (χ1v) is 23.0. The topological polar surface area (TPSA) is 177 Å². The molecule has 5 rings (SSSR count). The van der Waals surface area contributed by atoms with Gasteiger partial charge in [-0.25, -0.2) is 16.8 Å². The Morgan fingerprint density at radius 3 is 0.710 bits per heavy atom. The summed E-state index contributed by atoms with van der Waals surface area (Å²) in [5, 5.41) is 0.507. The average Bonchev–Trinajstić information content (AvgIpc) is 3.17. The van der Waals surface area contributed by atoms with Crippen LogP contribution in [0.25, 0.3) is 0 Å². The van der Waals surface area contributed by atoms with Crippen LogP contribution in [0.3, 0.4) is 0 Å². The van der Waals surface area contributed by atoms with E-state index in [4.69, 9.17) is 25.9 Å². The van der Waals surface area contributed by atoms with Crippen LogP contribution in [-0.4, -0.2) is 47.9 Å². The SMILES string of the molecule is FC(F)(F)c1cccc(P(Cc2ccccc2CP(c2cccc(C(F)(F)F)c2)c2cccc(C(F)(F)F)c2)c2cccc(C(F)(F)F)c2)c1.O.O.O=S(=O)([O-])C(F)(F)F.O=S(=O)([O-])C(F)(F)F.[Pd+2]. The van der Waals surface area contributed by atoms with Gasteiger partial charge in [0.2, 0.25) is 0 Å². The fourth-order valence-electron chi connectivity index (χ4n) is 5.27. The molecule has 0 saturated carbocycles. The molecule has 0 aliphatic rings. The van der Waals surface area contributed by atoms with Crippen LogP contribution in [0.4, 0.5) is 79.0 Å². The zero-order valence-corrected chi connectivity index (χ0v) is 38.2. The number of hydrogen-bond acceptors (Lipinski definition) is 6. The average molecular weight is 1190 g/mol. The monoisotopic (exact) mass is 1190 g/mol. The Morgan fingerprint density at radius 1 is 0.362 bits per heavy atom. The third-order valence-corrected chi connectivity index (χ3v) is 14.3. The van der Waals surface area contributed by atoms with Crippen molar-refractivity contribution in [2.75, 3.05) is 0 Å². The largest absolute Gasteiger partial charge is 2.00 e. The van der Waals surface area contributed by atoms with Crippen LogP contribution < -0.4 is 21.2 Å².